The minimum atomic E-state index is -0.442. The Balaban J connectivity index is 2.76. The van der Waals surface area contributed by atoms with Crippen molar-refractivity contribution >= 4 is 11.9 Å². The second kappa shape index (κ2) is 3.13. The lowest BCUT2D eigenvalue weighted by Crippen LogP contribution is -2.27. The van der Waals surface area contributed by atoms with Crippen molar-refractivity contribution in [3.05, 3.63) is 0 Å². The molecule has 0 N–H and O–H groups in total. The predicted molar refractivity (Wildman–Crippen MR) is 40.2 cm³/mol. The molecular formula is C8H12O4. The molecule has 1 aliphatic heterocycles. The van der Waals surface area contributed by atoms with Gasteiger partial charge in [-0.25, -0.2) is 0 Å². The third kappa shape index (κ3) is 1.29. The molecule has 1 heterocycles. The molecule has 1 aliphatic rings. The van der Waals surface area contributed by atoms with Crippen LogP contribution in [-0.2, 0) is 19.1 Å². The number of carbonyl (C=O) groups excluding carboxylic acids is 2. The Labute approximate surface area is 70.8 Å². The number of hydrogen-bond donors (Lipinski definition) is 0. The number of rotatable bonds is 1. The third-order valence-corrected chi connectivity index (χ3v) is 2.19. The average Bonchev–Trinajstić information content (AvgIpc) is 2.26. The molecule has 0 bridgehead atoms. The molecule has 0 amide bonds. The zero-order valence-electron chi connectivity index (χ0n) is 7.37. The molecule has 0 unspecified atom stereocenters. The van der Waals surface area contributed by atoms with E-state index in [9.17, 15) is 9.59 Å². The maximum Gasteiger partial charge on any atom is 0.313 e. The van der Waals surface area contributed by atoms with E-state index in [1.807, 2.05) is 0 Å². The molecule has 0 aromatic rings. The van der Waals surface area contributed by atoms with Gasteiger partial charge in [-0.2, -0.15) is 0 Å². The van der Waals surface area contributed by atoms with Gasteiger partial charge < -0.3 is 9.47 Å². The largest absolute Gasteiger partial charge is 0.469 e. The van der Waals surface area contributed by atoms with Crippen LogP contribution in [0.4, 0.5) is 0 Å². The Bertz CT molecular complexity index is 211. The first-order chi connectivity index (χ1) is 5.57. The van der Waals surface area contributed by atoms with E-state index in [1.54, 1.807) is 13.8 Å². The molecule has 0 aromatic carbocycles. The summed E-state index contributed by atoms with van der Waals surface area (Å²) in [5.41, 5.74) is 0. The van der Waals surface area contributed by atoms with Crippen molar-refractivity contribution in [2.45, 2.75) is 20.0 Å². The van der Waals surface area contributed by atoms with Crippen LogP contribution >= 0.6 is 0 Å². The average molecular weight is 172 g/mol. The van der Waals surface area contributed by atoms with E-state index in [0.717, 1.165) is 0 Å². The maximum absolute atomic E-state index is 11.1. The number of methoxy groups -OCH3 is 1. The summed E-state index contributed by atoms with van der Waals surface area (Å²) in [5.74, 6) is -1.52. The molecular weight excluding hydrogens is 160 g/mol. The topological polar surface area (TPSA) is 52.6 Å². The van der Waals surface area contributed by atoms with E-state index in [-0.39, 0.29) is 24.0 Å². The van der Waals surface area contributed by atoms with E-state index < -0.39 is 5.92 Å². The van der Waals surface area contributed by atoms with Gasteiger partial charge >= 0.3 is 11.9 Å². The van der Waals surface area contributed by atoms with Gasteiger partial charge in [-0.15, -0.1) is 0 Å². The molecule has 4 nitrogen and oxygen atoms in total. The lowest BCUT2D eigenvalue weighted by molar-refractivity contribution is -0.147. The van der Waals surface area contributed by atoms with E-state index in [1.165, 1.54) is 7.11 Å². The number of esters is 2. The van der Waals surface area contributed by atoms with Crippen molar-refractivity contribution < 1.29 is 19.1 Å². The zero-order chi connectivity index (χ0) is 9.30. The minimum absolute atomic E-state index is 0.321. The first-order valence-electron chi connectivity index (χ1n) is 3.86. The van der Waals surface area contributed by atoms with E-state index in [4.69, 9.17) is 4.74 Å². The Hall–Kier alpha value is -1.06. The minimum Gasteiger partial charge on any atom is -0.469 e. The van der Waals surface area contributed by atoms with Crippen LogP contribution in [0.3, 0.4) is 0 Å². The normalized spacial score (nSPS) is 34.6. The second-order valence-corrected chi connectivity index (χ2v) is 2.98. The zero-order valence-corrected chi connectivity index (χ0v) is 7.37. The molecule has 4 heteroatoms. The van der Waals surface area contributed by atoms with Crippen LogP contribution in [-0.4, -0.2) is 25.2 Å². The Morgan fingerprint density at radius 3 is 2.42 bits per heavy atom. The van der Waals surface area contributed by atoms with Gasteiger partial charge in [-0.05, 0) is 6.92 Å². The molecule has 12 heavy (non-hydrogen) atoms. The van der Waals surface area contributed by atoms with Crippen LogP contribution in [0.25, 0.3) is 0 Å². The quantitative estimate of drug-likeness (QED) is 0.536. The van der Waals surface area contributed by atoms with Crippen molar-refractivity contribution in [3.63, 3.8) is 0 Å². The Morgan fingerprint density at radius 2 is 2.08 bits per heavy atom. The summed E-state index contributed by atoms with van der Waals surface area (Å²) >= 11 is 0. The molecule has 0 radical (unpaired) electrons. The summed E-state index contributed by atoms with van der Waals surface area (Å²) in [6, 6.07) is 0. The summed E-state index contributed by atoms with van der Waals surface area (Å²) in [6.07, 6.45) is -0.361. The van der Waals surface area contributed by atoms with E-state index in [2.05, 4.69) is 4.74 Å². The predicted octanol–water partition coefficient (Wildman–Crippen LogP) is 0.357. The number of cyclic esters (lactones) is 1. The summed E-state index contributed by atoms with van der Waals surface area (Å²) in [4.78, 5) is 22.1. The summed E-state index contributed by atoms with van der Waals surface area (Å²) in [5, 5.41) is 0. The van der Waals surface area contributed by atoms with Gasteiger partial charge in [0, 0.05) is 0 Å². The van der Waals surface area contributed by atoms with Crippen molar-refractivity contribution in [3.8, 4) is 0 Å². The van der Waals surface area contributed by atoms with Crippen molar-refractivity contribution in [1.82, 2.24) is 0 Å². The fourth-order valence-electron chi connectivity index (χ4n) is 1.45. The molecule has 1 saturated heterocycles. The molecule has 68 valence electrons. The molecule has 0 aliphatic carbocycles. The highest BCUT2D eigenvalue weighted by Crippen LogP contribution is 2.28. The standard InChI is InChI=1S/C8H12O4/c1-4-6(8(10)11-3)5(2)12-7(4)9/h4-6H,1-3H3/t4-,5+,6+/m0/s1. The van der Waals surface area contributed by atoms with Gasteiger partial charge in [-0.1, -0.05) is 6.92 Å². The van der Waals surface area contributed by atoms with E-state index in [0.29, 0.717) is 0 Å². The monoisotopic (exact) mass is 172 g/mol. The maximum atomic E-state index is 11.1. The summed E-state index contributed by atoms with van der Waals surface area (Å²) in [6.45, 7) is 3.37. The number of carbonyl (C=O) groups is 2. The molecule has 0 aromatic heterocycles. The van der Waals surface area contributed by atoms with Crippen LogP contribution in [0.2, 0.25) is 0 Å². The summed E-state index contributed by atoms with van der Waals surface area (Å²) in [7, 11) is 1.31. The Kier molecular flexibility index (Phi) is 2.35. The highest BCUT2D eigenvalue weighted by Gasteiger charge is 2.44. The van der Waals surface area contributed by atoms with Crippen LogP contribution in [0.1, 0.15) is 13.8 Å². The number of ether oxygens (including phenoxy) is 2. The third-order valence-electron chi connectivity index (χ3n) is 2.19. The molecule has 0 saturated carbocycles. The van der Waals surface area contributed by atoms with Gasteiger partial charge in [-0.3, -0.25) is 9.59 Å². The van der Waals surface area contributed by atoms with Gasteiger partial charge in [0.2, 0.25) is 0 Å². The molecule has 1 fully saturated rings. The fourth-order valence-corrected chi connectivity index (χ4v) is 1.45. The first kappa shape index (κ1) is 9.03. The van der Waals surface area contributed by atoms with Crippen LogP contribution < -0.4 is 0 Å². The Morgan fingerprint density at radius 1 is 1.50 bits per heavy atom. The van der Waals surface area contributed by atoms with Crippen molar-refractivity contribution in [1.29, 1.82) is 0 Å². The summed E-state index contributed by atoms with van der Waals surface area (Å²) < 4.78 is 9.42. The van der Waals surface area contributed by atoms with E-state index >= 15 is 0 Å². The lowest BCUT2D eigenvalue weighted by Gasteiger charge is -2.11. The fraction of sp³-hybridized carbons (Fsp3) is 0.750. The smallest absolute Gasteiger partial charge is 0.313 e. The van der Waals surface area contributed by atoms with Gasteiger partial charge in [0.05, 0.1) is 13.0 Å². The van der Waals surface area contributed by atoms with Gasteiger partial charge in [0.1, 0.15) is 12.0 Å². The second-order valence-electron chi connectivity index (χ2n) is 2.98. The van der Waals surface area contributed by atoms with Crippen molar-refractivity contribution in [2.24, 2.45) is 11.8 Å². The molecule has 3 atom stereocenters. The highest BCUT2D eigenvalue weighted by molar-refractivity contribution is 5.85. The van der Waals surface area contributed by atoms with Crippen molar-refractivity contribution in [2.75, 3.05) is 7.11 Å². The van der Waals surface area contributed by atoms with Crippen LogP contribution in [0.5, 0.6) is 0 Å². The van der Waals surface area contributed by atoms with Crippen LogP contribution in [0, 0.1) is 11.8 Å². The van der Waals surface area contributed by atoms with Gasteiger partial charge in [0.25, 0.3) is 0 Å². The molecule has 0 spiro atoms. The highest BCUT2D eigenvalue weighted by atomic mass is 16.6. The SMILES string of the molecule is COC(=O)[C@@H]1[C@H](C)C(=O)O[C@@H]1C. The molecule has 1 rings (SSSR count). The number of hydrogen-bond acceptors (Lipinski definition) is 4. The first-order valence-corrected chi connectivity index (χ1v) is 3.86. The van der Waals surface area contributed by atoms with Gasteiger partial charge in [0.15, 0.2) is 0 Å². The lowest BCUT2D eigenvalue weighted by atomic mass is 9.93. The van der Waals surface area contributed by atoms with Crippen LogP contribution in [0.15, 0.2) is 0 Å².